The van der Waals surface area contributed by atoms with Gasteiger partial charge < -0.3 is 5.32 Å². The van der Waals surface area contributed by atoms with Gasteiger partial charge >= 0.3 is 0 Å². The van der Waals surface area contributed by atoms with E-state index in [2.05, 4.69) is 5.32 Å². The van der Waals surface area contributed by atoms with Crippen LogP contribution in [0, 0.1) is 31.6 Å². The van der Waals surface area contributed by atoms with E-state index in [0.717, 1.165) is 24.0 Å². The monoisotopic (exact) mass is 378 g/mol. The summed E-state index contributed by atoms with van der Waals surface area (Å²) in [5.74, 6) is 1.34. The van der Waals surface area contributed by atoms with Gasteiger partial charge in [0.15, 0.2) is 0 Å². The summed E-state index contributed by atoms with van der Waals surface area (Å²) in [6.45, 7) is 8.35. The number of anilines is 1. The van der Waals surface area contributed by atoms with Crippen molar-refractivity contribution in [3.63, 3.8) is 0 Å². The van der Waals surface area contributed by atoms with E-state index in [4.69, 9.17) is 0 Å². The first-order valence-corrected chi connectivity index (χ1v) is 11.1. The molecule has 5 nitrogen and oxygen atoms in total. The van der Waals surface area contributed by atoms with Crippen molar-refractivity contribution < 1.29 is 13.2 Å². The average Bonchev–Trinajstić information content (AvgIpc) is 3.22. The molecule has 1 aromatic rings. The lowest BCUT2D eigenvalue weighted by Gasteiger charge is -2.23. The van der Waals surface area contributed by atoms with Crippen LogP contribution >= 0.6 is 0 Å². The molecule has 0 spiro atoms. The van der Waals surface area contributed by atoms with E-state index in [1.165, 1.54) is 17.1 Å². The van der Waals surface area contributed by atoms with E-state index in [-0.39, 0.29) is 16.7 Å². The molecule has 2 fully saturated rings. The summed E-state index contributed by atoms with van der Waals surface area (Å²) in [5.41, 5.74) is 2.44. The fourth-order valence-electron chi connectivity index (χ4n) is 4.61. The van der Waals surface area contributed by atoms with Crippen LogP contribution in [0.15, 0.2) is 17.0 Å². The van der Waals surface area contributed by atoms with E-state index in [0.29, 0.717) is 30.6 Å². The van der Waals surface area contributed by atoms with E-state index in [1.54, 1.807) is 12.1 Å². The van der Waals surface area contributed by atoms with Crippen molar-refractivity contribution in [1.82, 2.24) is 4.31 Å². The van der Waals surface area contributed by atoms with Gasteiger partial charge in [0.25, 0.3) is 0 Å². The molecule has 144 valence electrons. The Balaban J connectivity index is 1.88. The van der Waals surface area contributed by atoms with Crippen LogP contribution in [0.4, 0.5) is 5.69 Å². The minimum absolute atomic E-state index is 0.0529. The molecule has 6 heteroatoms. The third-order valence-electron chi connectivity index (χ3n) is 6.32. The minimum atomic E-state index is -3.54. The first-order chi connectivity index (χ1) is 12.3. The highest BCUT2D eigenvalue weighted by Gasteiger charge is 2.43. The number of rotatable bonds is 6. The van der Waals surface area contributed by atoms with Crippen LogP contribution in [0.5, 0.6) is 0 Å². The number of carbonyl (C=O) groups excluding carboxylic acids is 1. The highest BCUT2D eigenvalue weighted by molar-refractivity contribution is 7.89. The molecule has 0 aromatic heterocycles. The number of sulfonamides is 1. The number of aryl methyl sites for hydroxylation is 1. The van der Waals surface area contributed by atoms with Crippen LogP contribution in [0.1, 0.15) is 50.7 Å². The maximum Gasteiger partial charge on any atom is 0.243 e. The normalized spacial score (nSPS) is 25.0. The van der Waals surface area contributed by atoms with E-state index < -0.39 is 10.0 Å². The van der Waals surface area contributed by atoms with Gasteiger partial charge in [-0.1, -0.05) is 20.3 Å². The second-order valence-corrected chi connectivity index (χ2v) is 9.71. The predicted molar refractivity (Wildman–Crippen MR) is 104 cm³/mol. The molecule has 3 unspecified atom stereocenters. The Morgan fingerprint density at radius 2 is 1.85 bits per heavy atom. The van der Waals surface area contributed by atoms with Crippen molar-refractivity contribution in [3.8, 4) is 0 Å². The number of carbonyl (C=O) groups is 1. The topological polar surface area (TPSA) is 66.5 Å². The molecule has 0 radical (unpaired) electrons. The van der Waals surface area contributed by atoms with Gasteiger partial charge in [-0.2, -0.15) is 4.31 Å². The fraction of sp³-hybridized carbons (Fsp3) is 0.650. The Morgan fingerprint density at radius 3 is 2.38 bits per heavy atom. The number of hydrogen-bond acceptors (Lipinski definition) is 3. The predicted octanol–water partition coefficient (Wildman–Crippen LogP) is 3.71. The minimum Gasteiger partial charge on any atom is -0.326 e. The van der Waals surface area contributed by atoms with Gasteiger partial charge in [0.2, 0.25) is 15.9 Å². The molecule has 0 saturated heterocycles. The van der Waals surface area contributed by atoms with Crippen molar-refractivity contribution >= 4 is 21.6 Å². The summed E-state index contributed by atoms with van der Waals surface area (Å²) < 4.78 is 27.2. The molecule has 2 saturated carbocycles. The smallest absolute Gasteiger partial charge is 0.243 e. The Kier molecular flexibility index (Phi) is 5.45. The lowest BCUT2D eigenvalue weighted by molar-refractivity contribution is -0.121. The number of nitrogens with one attached hydrogen (secondary N) is 1. The van der Waals surface area contributed by atoms with Gasteiger partial charge in [0, 0.05) is 24.7 Å². The summed E-state index contributed by atoms with van der Waals surface area (Å²) in [7, 11) is -3.54. The lowest BCUT2D eigenvalue weighted by Crippen LogP contribution is -2.31. The van der Waals surface area contributed by atoms with Crippen molar-refractivity contribution in [2.75, 3.05) is 18.4 Å². The molecule has 26 heavy (non-hydrogen) atoms. The van der Waals surface area contributed by atoms with Crippen molar-refractivity contribution in [1.29, 1.82) is 0 Å². The SMILES string of the molecule is CCN(CC)S(=O)(=O)c1cc(C)c(C)c(NC(=O)C2CC3CCC2C3)c1. The molecule has 3 rings (SSSR count). The second-order valence-electron chi connectivity index (χ2n) is 7.77. The fourth-order valence-corrected chi connectivity index (χ4v) is 6.18. The van der Waals surface area contributed by atoms with Crippen LogP contribution < -0.4 is 5.32 Å². The molecule has 0 aliphatic heterocycles. The lowest BCUT2D eigenvalue weighted by atomic mass is 9.88. The van der Waals surface area contributed by atoms with Gasteiger partial charge in [-0.25, -0.2) is 8.42 Å². The van der Waals surface area contributed by atoms with Crippen LogP contribution in [-0.4, -0.2) is 31.7 Å². The molecule has 1 aromatic carbocycles. The van der Waals surface area contributed by atoms with Gasteiger partial charge in [-0.3, -0.25) is 4.79 Å². The molecule has 2 aliphatic rings. The number of nitrogens with zero attached hydrogens (tertiary/aromatic N) is 1. The Morgan fingerprint density at radius 1 is 1.15 bits per heavy atom. The Labute approximate surface area is 157 Å². The molecule has 2 bridgehead atoms. The molecule has 3 atom stereocenters. The van der Waals surface area contributed by atoms with Crippen LogP contribution in [0.25, 0.3) is 0 Å². The Bertz CT molecular complexity index is 800. The van der Waals surface area contributed by atoms with Crippen molar-refractivity contribution in [2.24, 2.45) is 17.8 Å². The first-order valence-electron chi connectivity index (χ1n) is 9.70. The molecule has 0 heterocycles. The summed E-state index contributed by atoms with van der Waals surface area (Å²) >= 11 is 0. The summed E-state index contributed by atoms with van der Waals surface area (Å²) in [4.78, 5) is 13.1. The summed E-state index contributed by atoms with van der Waals surface area (Å²) in [6, 6.07) is 3.33. The summed E-state index contributed by atoms with van der Waals surface area (Å²) in [5, 5.41) is 3.04. The van der Waals surface area contributed by atoms with Gasteiger partial charge in [-0.05, 0) is 68.2 Å². The largest absolute Gasteiger partial charge is 0.326 e. The highest BCUT2D eigenvalue weighted by Crippen LogP contribution is 2.48. The first kappa shape index (κ1) is 19.4. The van der Waals surface area contributed by atoms with E-state index >= 15 is 0 Å². The molecular formula is C20H30N2O3S. The molecule has 1 amide bonds. The third kappa shape index (κ3) is 3.41. The average molecular weight is 379 g/mol. The maximum atomic E-state index is 12.9. The standard InChI is InChI=1S/C20H30N2O3S/c1-5-22(6-2)26(24,25)17-9-13(3)14(4)19(12-17)21-20(23)18-11-15-7-8-16(18)10-15/h9,12,15-16,18H,5-8,10-11H2,1-4H3,(H,21,23). The third-order valence-corrected chi connectivity index (χ3v) is 8.34. The molecule has 1 N–H and O–H groups in total. The summed E-state index contributed by atoms with van der Waals surface area (Å²) in [6.07, 6.45) is 4.56. The number of amides is 1. The van der Waals surface area contributed by atoms with E-state index in [1.807, 2.05) is 27.7 Å². The van der Waals surface area contributed by atoms with Crippen molar-refractivity contribution in [3.05, 3.63) is 23.3 Å². The zero-order valence-electron chi connectivity index (χ0n) is 16.2. The van der Waals surface area contributed by atoms with Crippen LogP contribution in [0.3, 0.4) is 0 Å². The highest BCUT2D eigenvalue weighted by atomic mass is 32.2. The zero-order chi connectivity index (χ0) is 19.1. The quantitative estimate of drug-likeness (QED) is 0.820. The maximum absolute atomic E-state index is 12.9. The second kappa shape index (κ2) is 7.31. The van der Waals surface area contributed by atoms with Crippen LogP contribution in [0.2, 0.25) is 0 Å². The van der Waals surface area contributed by atoms with E-state index in [9.17, 15) is 13.2 Å². The van der Waals surface area contributed by atoms with Crippen molar-refractivity contribution in [2.45, 2.75) is 58.3 Å². The van der Waals surface area contributed by atoms with Gasteiger partial charge in [-0.15, -0.1) is 0 Å². The Hall–Kier alpha value is -1.40. The van der Waals surface area contributed by atoms with Gasteiger partial charge in [0.05, 0.1) is 4.90 Å². The molecule has 2 aliphatic carbocycles. The number of hydrogen-bond donors (Lipinski definition) is 1. The number of benzene rings is 1. The van der Waals surface area contributed by atoms with Gasteiger partial charge in [0.1, 0.15) is 0 Å². The molecular weight excluding hydrogens is 348 g/mol. The van der Waals surface area contributed by atoms with Crippen LogP contribution in [-0.2, 0) is 14.8 Å². The number of fused-ring (bicyclic) bond motifs is 2. The zero-order valence-corrected chi connectivity index (χ0v) is 17.0.